The molecule has 4 atom stereocenters. The molecule has 11 heteroatoms. The van der Waals surface area contributed by atoms with Crippen molar-refractivity contribution in [2.75, 3.05) is 31.6 Å². The molecule has 3 aliphatic rings. The highest BCUT2D eigenvalue weighted by Gasteiger charge is 2.59. The highest BCUT2D eigenvalue weighted by molar-refractivity contribution is 6.32. The lowest BCUT2D eigenvalue weighted by Crippen LogP contribution is -2.53. The monoisotopic (exact) mass is 520 g/mol. The zero-order chi connectivity index (χ0) is 25.2. The van der Waals surface area contributed by atoms with Crippen LogP contribution >= 0.6 is 11.6 Å². The molecule has 6 rings (SSSR count). The van der Waals surface area contributed by atoms with Crippen molar-refractivity contribution in [1.29, 1.82) is 0 Å². The maximum atomic E-state index is 15.5. The maximum absolute atomic E-state index is 15.5. The lowest BCUT2D eigenvalue weighted by Gasteiger charge is -2.43. The molecule has 2 saturated heterocycles. The highest BCUT2D eigenvalue weighted by atomic mass is 35.5. The summed E-state index contributed by atoms with van der Waals surface area (Å²) >= 11 is 6.28. The van der Waals surface area contributed by atoms with Crippen molar-refractivity contribution in [2.24, 2.45) is 0 Å². The van der Waals surface area contributed by atoms with E-state index in [4.69, 9.17) is 16.3 Å². The maximum Gasteiger partial charge on any atom is 0.272 e. The number of aromatic nitrogens is 4. The standard InChI is InChI=1S/C25H28ClF3N6O/c1-14-7-15-10-30-23(33-20-11-31-35(22(20)26)21-9-25(21,28)29)32-19(15)8-17(14)16-3-5-34(12-18(16)27)24(2)4-6-36-13-24/h7-8,10-11,16,18,21H,3-6,9,12-13H2,1-2H3,(H,30,32,33). The molecular weight excluding hydrogens is 493 g/mol. The Kier molecular flexibility index (Phi) is 5.69. The number of rotatable bonds is 5. The number of nitrogens with zero attached hydrogens (tertiary/aromatic N) is 5. The minimum atomic E-state index is -2.78. The Morgan fingerprint density at radius 3 is 2.75 bits per heavy atom. The van der Waals surface area contributed by atoms with E-state index in [-0.39, 0.29) is 29.0 Å². The summed E-state index contributed by atoms with van der Waals surface area (Å²) in [6.07, 6.45) is 3.46. The summed E-state index contributed by atoms with van der Waals surface area (Å²) in [5.74, 6) is -2.73. The Labute approximate surface area is 212 Å². The third kappa shape index (κ3) is 4.13. The molecule has 0 spiro atoms. The number of alkyl halides is 3. The largest absolute Gasteiger partial charge is 0.379 e. The van der Waals surface area contributed by atoms with E-state index in [2.05, 4.69) is 32.2 Å². The van der Waals surface area contributed by atoms with Gasteiger partial charge in [-0.3, -0.25) is 4.90 Å². The van der Waals surface area contributed by atoms with E-state index < -0.39 is 18.1 Å². The van der Waals surface area contributed by atoms with Gasteiger partial charge in [-0.05, 0) is 56.5 Å². The average molecular weight is 521 g/mol. The fraction of sp³-hybridized carbons (Fsp3) is 0.560. The molecule has 7 nitrogen and oxygen atoms in total. The number of likely N-dealkylation sites (tertiary alicyclic amines) is 1. The van der Waals surface area contributed by atoms with Crippen molar-refractivity contribution in [3.8, 4) is 0 Å². The zero-order valence-electron chi connectivity index (χ0n) is 20.1. The van der Waals surface area contributed by atoms with Gasteiger partial charge >= 0.3 is 0 Å². The SMILES string of the molecule is Cc1cc2cnc(Nc3cnn(C4CC4(F)F)c3Cl)nc2cc1C1CCN(C2(C)CCOC2)CC1F. The molecule has 4 heterocycles. The second-order valence-corrected chi connectivity index (χ2v) is 10.9. The van der Waals surface area contributed by atoms with Crippen LogP contribution < -0.4 is 5.32 Å². The van der Waals surface area contributed by atoms with E-state index in [1.807, 2.05) is 19.1 Å². The smallest absolute Gasteiger partial charge is 0.272 e. The first-order valence-electron chi connectivity index (χ1n) is 12.3. The quantitative estimate of drug-likeness (QED) is 0.484. The van der Waals surface area contributed by atoms with Gasteiger partial charge < -0.3 is 10.1 Å². The normalized spacial score (nSPS) is 30.1. The Morgan fingerprint density at radius 1 is 1.25 bits per heavy atom. The number of anilines is 2. The van der Waals surface area contributed by atoms with Crippen LogP contribution in [0.4, 0.5) is 24.8 Å². The average Bonchev–Trinajstić information content (AvgIpc) is 3.12. The number of hydrogen-bond acceptors (Lipinski definition) is 6. The van der Waals surface area contributed by atoms with Gasteiger partial charge in [0.25, 0.3) is 5.92 Å². The number of aryl methyl sites for hydroxylation is 1. The molecule has 0 amide bonds. The number of nitrogens with one attached hydrogen (secondary N) is 1. The van der Waals surface area contributed by atoms with Crippen LogP contribution in [0.5, 0.6) is 0 Å². The van der Waals surface area contributed by atoms with Crippen LogP contribution in [0, 0.1) is 6.92 Å². The molecular formula is C25H28ClF3N6O. The summed E-state index contributed by atoms with van der Waals surface area (Å²) in [5, 5.41) is 7.90. The topological polar surface area (TPSA) is 68.1 Å². The van der Waals surface area contributed by atoms with Gasteiger partial charge in [-0.25, -0.2) is 27.8 Å². The Bertz CT molecular complexity index is 1310. The van der Waals surface area contributed by atoms with Crippen molar-refractivity contribution >= 4 is 34.1 Å². The van der Waals surface area contributed by atoms with Crippen LogP contribution in [-0.4, -0.2) is 68.6 Å². The molecule has 4 unspecified atom stereocenters. The lowest BCUT2D eigenvalue weighted by molar-refractivity contribution is 0.0227. The number of fused-ring (bicyclic) bond motifs is 1. The summed E-state index contributed by atoms with van der Waals surface area (Å²) in [5.41, 5.74) is 2.90. The molecule has 1 aromatic carbocycles. The minimum Gasteiger partial charge on any atom is -0.379 e. The summed E-state index contributed by atoms with van der Waals surface area (Å²) in [6, 6.07) is 2.91. The van der Waals surface area contributed by atoms with Gasteiger partial charge in [-0.15, -0.1) is 0 Å². The molecule has 2 aliphatic heterocycles. The fourth-order valence-electron chi connectivity index (χ4n) is 5.55. The summed E-state index contributed by atoms with van der Waals surface area (Å²) in [6.45, 7) is 6.74. The Hall–Kier alpha value is -2.43. The predicted octanol–water partition coefficient (Wildman–Crippen LogP) is 5.42. The van der Waals surface area contributed by atoms with Crippen molar-refractivity contribution in [3.63, 3.8) is 0 Å². The number of benzene rings is 1. The lowest BCUT2D eigenvalue weighted by atomic mass is 9.83. The number of piperidine rings is 1. The second-order valence-electron chi connectivity index (χ2n) is 10.5. The molecule has 3 fully saturated rings. The van der Waals surface area contributed by atoms with Crippen LogP contribution in [0.25, 0.3) is 10.9 Å². The van der Waals surface area contributed by atoms with Crippen molar-refractivity contribution in [2.45, 2.75) is 62.7 Å². The third-order valence-corrected chi connectivity index (χ3v) is 8.32. The molecule has 2 aromatic heterocycles. The van der Waals surface area contributed by atoms with E-state index in [0.29, 0.717) is 24.4 Å². The first-order valence-corrected chi connectivity index (χ1v) is 12.6. The van der Waals surface area contributed by atoms with Gasteiger partial charge in [0.05, 0.1) is 24.0 Å². The number of halogens is 4. The summed E-state index contributed by atoms with van der Waals surface area (Å²) in [4.78, 5) is 11.2. The predicted molar refractivity (Wildman–Crippen MR) is 131 cm³/mol. The van der Waals surface area contributed by atoms with Gasteiger partial charge in [-0.1, -0.05) is 11.6 Å². The number of hydrogen-bond donors (Lipinski definition) is 1. The van der Waals surface area contributed by atoms with Crippen LogP contribution in [0.15, 0.2) is 24.5 Å². The molecule has 36 heavy (non-hydrogen) atoms. The molecule has 3 aromatic rings. The third-order valence-electron chi connectivity index (χ3n) is 7.94. The summed E-state index contributed by atoms with van der Waals surface area (Å²) < 4.78 is 49.1. The van der Waals surface area contributed by atoms with E-state index in [9.17, 15) is 8.78 Å². The van der Waals surface area contributed by atoms with Gasteiger partial charge in [0.2, 0.25) is 5.95 Å². The first-order chi connectivity index (χ1) is 17.1. The molecule has 1 N–H and O–H groups in total. The van der Waals surface area contributed by atoms with Gasteiger partial charge in [0.15, 0.2) is 5.15 Å². The van der Waals surface area contributed by atoms with E-state index in [1.165, 1.54) is 6.20 Å². The van der Waals surface area contributed by atoms with Crippen molar-refractivity contribution in [3.05, 3.63) is 40.8 Å². The van der Waals surface area contributed by atoms with Crippen LogP contribution in [0.1, 0.15) is 49.3 Å². The molecule has 192 valence electrons. The zero-order valence-corrected chi connectivity index (χ0v) is 20.9. The molecule has 0 bridgehead atoms. The number of ether oxygens (including phenoxy) is 1. The highest BCUT2D eigenvalue weighted by Crippen LogP contribution is 2.53. The Morgan fingerprint density at radius 2 is 2.06 bits per heavy atom. The minimum absolute atomic E-state index is 0.0823. The van der Waals surface area contributed by atoms with E-state index in [1.54, 1.807) is 6.20 Å². The van der Waals surface area contributed by atoms with Crippen LogP contribution in [-0.2, 0) is 4.74 Å². The van der Waals surface area contributed by atoms with Crippen LogP contribution in [0.3, 0.4) is 0 Å². The molecule has 1 aliphatic carbocycles. The van der Waals surface area contributed by atoms with E-state index >= 15 is 4.39 Å². The van der Waals surface area contributed by atoms with Gasteiger partial charge in [0.1, 0.15) is 12.2 Å². The fourth-order valence-corrected chi connectivity index (χ4v) is 5.81. The summed E-state index contributed by atoms with van der Waals surface area (Å²) in [7, 11) is 0. The molecule has 1 saturated carbocycles. The van der Waals surface area contributed by atoms with Gasteiger partial charge in [-0.2, -0.15) is 5.10 Å². The van der Waals surface area contributed by atoms with E-state index in [0.717, 1.165) is 47.2 Å². The van der Waals surface area contributed by atoms with Crippen molar-refractivity contribution < 1.29 is 17.9 Å². The first kappa shape index (κ1) is 23.9. The molecule has 0 radical (unpaired) electrons. The van der Waals surface area contributed by atoms with Crippen LogP contribution in [0.2, 0.25) is 5.15 Å². The van der Waals surface area contributed by atoms with Crippen molar-refractivity contribution in [1.82, 2.24) is 24.6 Å². The van der Waals surface area contributed by atoms with Gasteiger partial charge in [0, 0.05) is 42.6 Å². The Balaban J connectivity index is 1.23. The second kappa shape index (κ2) is 8.56.